The minimum absolute atomic E-state index is 0.639. The monoisotopic (exact) mass is 293 g/mol. The molecule has 3 fully saturated rings. The van der Waals surface area contributed by atoms with Gasteiger partial charge in [0.1, 0.15) is 0 Å². The minimum Gasteiger partial charge on any atom is -0.370 e. The molecule has 21 heavy (non-hydrogen) atoms. The first-order valence-electron chi connectivity index (χ1n) is 8.78. The molecule has 0 aromatic carbocycles. The molecule has 0 spiro atoms. The lowest BCUT2D eigenvalue weighted by atomic mass is 10.1. The van der Waals surface area contributed by atoms with E-state index in [0.717, 1.165) is 25.7 Å². The van der Waals surface area contributed by atoms with Crippen molar-refractivity contribution in [3.63, 3.8) is 0 Å². The first-order chi connectivity index (χ1) is 10.3. The molecule has 0 bridgehead atoms. The number of likely N-dealkylation sites (tertiary alicyclic amines) is 2. The number of guanidine groups is 1. The molecule has 0 radical (unpaired) electrons. The number of nitrogens with one attached hydrogen (secondary N) is 1. The van der Waals surface area contributed by atoms with E-state index in [-0.39, 0.29) is 0 Å². The molecule has 1 saturated carbocycles. The Hall–Kier alpha value is -0.810. The Labute approximate surface area is 129 Å². The van der Waals surface area contributed by atoms with Gasteiger partial charge in [-0.1, -0.05) is 6.92 Å². The topological polar surface area (TPSA) is 56.9 Å². The fourth-order valence-corrected chi connectivity index (χ4v) is 3.83. The summed E-state index contributed by atoms with van der Waals surface area (Å²) < 4.78 is 0. The normalized spacial score (nSPS) is 32.0. The number of hydrogen-bond donors (Lipinski definition) is 2. The second-order valence-electron chi connectivity index (χ2n) is 6.91. The minimum atomic E-state index is 0.639. The molecule has 1 aliphatic carbocycles. The van der Waals surface area contributed by atoms with Gasteiger partial charge in [0.15, 0.2) is 5.96 Å². The second kappa shape index (κ2) is 6.97. The predicted octanol–water partition coefficient (Wildman–Crippen LogP) is 0.859. The van der Waals surface area contributed by atoms with Crippen LogP contribution in [-0.4, -0.2) is 67.1 Å². The summed E-state index contributed by atoms with van der Waals surface area (Å²) in [5.41, 5.74) is 6.03. The molecule has 3 rings (SSSR count). The summed E-state index contributed by atoms with van der Waals surface area (Å²) in [5.74, 6) is 1.35. The van der Waals surface area contributed by atoms with Crippen LogP contribution in [0.2, 0.25) is 0 Å². The number of rotatable bonds is 6. The van der Waals surface area contributed by atoms with Gasteiger partial charge in [-0.2, -0.15) is 0 Å². The number of aliphatic imine (C=N–C) groups is 1. The summed E-state index contributed by atoms with van der Waals surface area (Å²) in [6, 6.07) is 1.54. The highest BCUT2D eigenvalue weighted by atomic mass is 15.2. The van der Waals surface area contributed by atoms with Crippen molar-refractivity contribution in [1.82, 2.24) is 15.1 Å². The van der Waals surface area contributed by atoms with Crippen LogP contribution in [0.1, 0.15) is 39.0 Å². The summed E-state index contributed by atoms with van der Waals surface area (Å²) in [7, 11) is 0. The van der Waals surface area contributed by atoms with Crippen molar-refractivity contribution in [3.8, 4) is 0 Å². The summed E-state index contributed by atoms with van der Waals surface area (Å²) in [6.45, 7) is 8.95. The van der Waals surface area contributed by atoms with E-state index in [4.69, 9.17) is 5.73 Å². The third-order valence-electron chi connectivity index (χ3n) is 5.32. The van der Waals surface area contributed by atoms with Gasteiger partial charge in [0.25, 0.3) is 0 Å². The van der Waals surface area contributed by atoms with Crippen LogP contribution in [0.3, 0.4) is 0 Å². The van der Waals surface area contributed by atoms with E-state index in [1.807, 2.05) is 0 Å². The Morgan fingerprint density at radius 3 is 2.86 bits per heavy atom. The van der Waals surface area contributed by atoms with Gasteiger partial charge in [-0.3, -0.25) is 9.89 Å². The van der Waals surface area contributed by atoms with E-state index in [0.29, 0.717) is 17.9 Å². The van der Waals surface area contributed by atoms with E-state index in [1.165, 1.54) is 51.7 Å². The van der Waals surface area contributed by atoms with Gasteiger partial charge >= 0.3 is 0 Å². The van der Waals surface area contributed by atoms with E-state index >= 15 is 0 Å². The maximum absolute atomic E-state index is 6.03. The molecule has 2 heterocycles. The van der Waals surface area contributed by atoms with Crippen molar-refractivity contribution >= 4 is 5.96 Å². The zero-order valence-electron chi connectivity index (χ0n) is 13.4. The van der Waals surface area contributed by atoms with Crippen molar-refractivity contribution in [2.24, 2.45) is 16.6 Å². The van der Waals surface area contributed by atoms with E-state index in [1.54, 1.807) is 0 Å². The Morgan fingerprint density at radius 2 is 2.10 bits per heavy atom. The molecule has 0 aromatic heterocycles. The highest BCUT2D eigenvalue weighted by Crippen LogP contribution is 2.31. The van der Waals surface area contributed by atoms with Crippen LogP contribution in [0.5, 0.6) is 0 Å². The first-order valence-corrected chi connectivity index (χ1v) is 8.78. The van der Waals surface area contributed by atoms with Gasteiger partial charge in [0.05, 0.1) is 0 Å². The standard InChI is InChI=1S/C16H31N5/c1-2-20-8-3-4-15(20)11-19-16(17)18-10-13-7-9-21(12-13)14-5-6-14/h13-15H,2-12H2,1H3,(H3,17,18,19). The number of nitrogens with zero attached hydrogens (tertiary/aromatic N) is 3. The Bertz CT molecular complexity index is 366. The molecule has 0 amide bonds. The Balaban J connectivity index is 1.35. The Morgan fingerprint density at radius 1 is 1.24 bits per heavy atom. The van der Waals surface area contributed by atoms with Crippen molar-refractivity contribution in [2.45, 2.75) is 51.1 Å². The van der Waals surface area contributed by atoms with Crippen LogP contribution < -0.4 is 11.1 Å². The molecule has 0 aromatic rings. The van der Waals surface area contributed by atoms with Gasteiger partial charge in [0.2, 0.25) is 0 Å². The number of nitrogens with two attached hydrogens (primary N) is 1. The highest BCUT2D eigenvalue weighted by molar-refractivity contribution is 5.77. The van der Waals surface area contributed by atoms with Crippen LogP contribution in [0.15, 0.2) is 4.99 Å². The average Bonchev–Trinajstić information content (AvgIpc) is 3.07. The molecule has 2 aliphatic heterocycles. The third-order valence-corrected chi connectivity index (χ3v) is 5.32. The zero-order chi connectivity index (χ0) is 14.7. The van der Waals surface area contributed by atoms with Crippen LogP contribution in [0.25, 0.3) is 0 Å². The largest absolute Gasteiger partial charge is 0.370 e. The molecular weight excluding hydrogens is 262 g/mol. The van der Waals surface area contributed by atoms with Gasteiger partial charge in [-0.15, -0.1) is 0 Å². The maximum atomic E-state index is 6.03. The zero-order valence-corrected chi connectivity index (χ0v) is 13.4. The summed E-state index contributed by atoms with van der Waals surface area (Å²) >= 11 is 0. The maximum Gasteiger partial charge on any atom is 0.188 e. The summed E-state index contributed by atoms with van der Waals surface area (Å²) in [4.78, 5) is 9.74. The first kappa shape index (κ1) is 15.1. The lowest BCUT2D eigenvalue weighted by Crippen LogP contribution is -2.43. The fourth-order valence-electron chi connectivity index (χ4n) is 3.83. The van der Waals surface area contributed by atoms with Gasteiger partial charge in [-0.05, 0) is 57.7 Å². The molecule has 3 aliphatic rings. The van der Waals surface area contributed by atoms with Crippen molar-refractivity contribution in [2.75, 3.05) is 39.3 Å². The predicted molar refractivity (Wildman–Crippen MR) is 87.5 cm³/mol. The second-order valence-corrected chi connectivity index (χ2v) is 6.91. The lowest BCUT2D eigenvalue weighted by Gasteiger charge is -2.23. The van der Waals surface area contributed by atoms with E-state index in [2.05, 4.69) is 27.0 Å². The third kappa shape index (κ3) is 4.10. The SMILES string of the molecule is CCN1CCCC1CNC(N)=NCC1CCN(C2CC2)C1. The van der Waals surface area contributed by atoms with Gasteiger partial charge in [-0.25, -0.2) is 0 Å². The number of hydrogen-bond acceptors (Lipinski definition) is 3. The lowest BCUT2D eigenvalue weighted by molar-refractivity contribution is 0.267. The van der Waals surface area contributed by atoms with E-state index < -0.39 is 0 Å². The smallest absolute Gasteiger partial charge is 0.188 e. The average molecular weight is 293 g/mol. The van der Waals surface area contributed by atoms with Crippen molar-refractivity contribution in [1.29, 1.82) is 0 Å². The van der Waals surface area contributed by atoms with Gasteiger partial charge in [0, 0.05) is 31.7 Å². The quantitative estimate of drug-likeness (QED) is 0.563. The van der Waals surface area contributed by atoms with Crippen LogP contribution >= 0.6 is 0 Å². The van der Waals surface area contributed by atoms with Crippen LogP contribution in [0.4, 0.5) is 0 Å². The molecule has 120 valence electrons. The molecular formula is C16H31N5. The summed E-state index contributed by atoms with van der Waals surface area (Å²) in [5, 5.41) is 3.33. The number of likely N-dealkylation sites (N-methyl/N-ethyl adjacent to an activating group) is 1. The van der Waals surface area contributed by atoms with E-state index in [9.17, 15) is 0 Å². The molecule has 5 heteroatoms. The van der Waals surface area contributed by atoms with Crippen molar-refractivity contribution < 1.29 is 0 Å². The van der Waals surface area contributed by atoms with Crippen LogP contribution in [-0.2, 0) is 0 Å². The molecule has 2 saturated heterocycles. The van der Waals surface area contributed by atoms with Gasteiger partial charge < -0.3 is 16.0 Å². The molecule has 3 N–H and O–H groups in total. The molecule has 5 nitrogen and oxygen atoms in total. The Kier molecular flexibility index (Phi) is 5.01. The van der Waals surface area contributed by atoms with Crippen LogP contribution in [0, 0.1) is 5.92 Å². The summed E-state index contributed by atoms with van der Waals surface area (Å²) in [6.07, 6.45) is 6.72. The highest BCUT2D eigenvalue weighted by Gasteiger charge is 2.34. The fraction of sp³-hybridized carbons (Fsp3) is 0.938. The van der Waals surface area contributed by atoms with Crippen molar-refractivity contribution in [3.05, 3.63) is 0 Å². The molecule has 2 unspecified atom stereocenters. The molecule has 2 atom stereocenters.